The van der Waals surface area contributed by atoms with E-state index in [1.54, 1.807) is 0 Å². The Labute approximate surface area is 444 Å². The lowest BCUT2D eigenvalue weighted by atomic mass is 10.1. The van der Waals surface area contributed by atoms with Crippen molar-refractivity contribution in [3.63, 3.8) is 0 Å². The molecule has 0 aliphatic heterocycles. The first kappa shape index (κ1) is 68.1. The van der Waals surface area contributed by atoms with Gasteiger partial charge in [0.1, 0.15) is 13.2 Å². The molecular weight excluding hydrogens is 889 g/mol. The average Bonchev–Trinajstić information content (AvgIpc) is 3.38. The maximum atomic E-state index is 12.9. The fourth-order valence-corrected chi connectivity index (χ4v) is 8.03. The molecule has 0 rings (SSSR count). The average molecular weight is 1000 g/mol. The smallest absolute Gasteiger partial charge is 0.306 e. The van der Waals surface area contributed by atoms with Crippen LogP contribution in [0.2, 0.25) is 0 Å². The van der Waals surface area contributed by atoms with Crippen LogP contribution in [0.1, 0.15) is 271 Å². The summed E-state index contributed by atoms with van der Waals surface area (Å²) in [5.74, 6) is -0.988. The Morgan fingerprint density at radius 1 is 0.306 bits per heavy atom. The predicted octanol–water partition coefficient (Wildman–Crippen LogP) is 20.3. The quantitative estimate of drug-likeness (QED) is 0.0199. The lowest BCUT2D eigenvalue weighted by Crippen LogP contribution is -2.30. The summed E-state index contributed by atoms with van der Waals surface area (Å²) in [7, 11) is 0. The van der Waals surface area contributed by atoms with Crippen LogP contribution in [0, 0.1) is 0 Å². The maximum absolute atomic E-state index is 12.9. The number of hydrogen-bond acceptors (Lipinski definition) is 6. The molecule has 0 spiro atoms. The van der Waals surface area contributed by atoms with Crippen molar-refractivity contribution in [3.05, 3.63) is 109 Å². The van der Waals surface area contributed by atoms with Crippen LogP contribution in [0.15, 0.2) is 109 Å². The molecule has 1 atom stereocenters. The molecule has 72 heavy (non-hydrogen) atoms. The van der Waals surface area contributed by atoms with E-state index in [4.69, 9.17) is 14.2 Å². The third-order valence-corrected chi connectivity index (χ3v) is 12.5. The van der Waals surface area contributed by atoms with Gasteiger partial charge in [0.05, 0.1) is 0 Å². The maximum Gasteiger partial charge on any atom is 0.306 e. The van der Waals surface area contributed by atoms with Gasteiger partial charge < -0.3 is 14.2 Å². The molecule has 0 fully saturated rings. The van der Waals surface area contributed by atoms with Crippen molar-refractivity contribution in [1.82, 2.24) is 0 Å². The Kier molecular flexibility index (Phi) is 56.4. The van der Waals surface area contributed by atoms with E-state index >= 15 is 0 Å². The van der Waals surface area contributed by atoms with Crippen LogP contribution in [-0.2, 0) is 28.6 Å². The summed E-state index contributed by atoms with van der Waals surface area (Å²) in [6.07, 6.45) is 80.8. The van der Waals surface area contributed by atoms with E-state index in [1.165, 1.54) is 109 Å². The molecule has 1 unspecified atom stereocenters. The highest BCUT2D eigenvalue weighted by Crippen LogP contribution is 2.14. The number of rotatable bonds is 53. The van der Waals surface area contributed by atoms with Crippen molar-refractivity contribution >= 4 is 17.9 Å². The van der Waals surface area contributed by atoms with E-state index in [9.17, 15) is 14.4 Å². The highest BCUT2D eigenvalue weighted by atomic mass is 16.6. The molecule has 0 saturated carbocycles. The summed E-state index contributed by atoms with van der Waals surface area (Å²) in [6.45, 7) is 6.46. The molecule has 0 aromatic rings. The number of unbranched alkanes of at least 4 members (excludes halogenated alkanes) is 25. The highest BCUT2D eigenvalue weighted by molar-refractivity contribution is 5.71. The molecule has 0 heterocycles. The molecular formula is C66H110O6. The second kappa shape index (κ2) is 59.6. The number of allylic oxidation sites excluding steroid dienone is 18. The number of esters is 3. The third-order valence-electron chi connectivity index (χ3n) is 12.5. The highest BCUT2D eigenvalue weighted by Gasteiger charge is 2.19. The molecule has 0 radical (unpaired) electrons. The lowest BCUT2D eigenvalue weighted by Gasteiger charge is -2.18. The van der Waals surface area contributed by atoms with Gasteiger partial charge in [0.2, 0.25) is 0 Å². The van der Waals surface area contributed by atoms with Gasteiger partial charge in [-0.05, 0) is 116 Å². The van der Waals surface area contributed by atoms with Crippen LogP contribution in [0.4, 0.5) is 0 Å². The summed E-state index contributed by atoms with van der Waals surface area (Å²) in [6, 6.07) is 0. The van der Waals surface area contributed by atoms with Gasteiger partial charge in [0.15, 0.2) is 6.10 Å². The Hall–Kier alpha value is -3.93. The largest absolute Gasteiger partial charge is 0.462 e. The fraction of sp³-hybridized carbons (Fsp3) is 0.682. The molecule has 6 nitrogen and oxygen atoms in total. The molecule has 0 aliphatic carbocycles. The zero-order valence-electron chi connectivity index (χ0n) is 46.9. The van der Waals surface area contributed by atoms with Crippen molar-refractivity contribution in [2.24, 2.45) is 0 Å². The van der Waals surface area contributed by atoms with Crippen LogP contribution in [0.3, 0.4) is 0 Å². The SMILES string of the molecule is CC/C=C\C/C=C\C/C=C\C/C=C\CCCCCCCCC(=O)OCC(COC(=O)CCC/C=C\C/C=C\C/C=C\CCCCCCCC)OC(=O)CCCCCCC/C=C\C=C/CCCCCCCCC. The minimum Gasteiger partial charge on any atom is -0.462 e. The normalized spacial score (nSPS) is 12.9. The molecule has 0 bridgehead atoms. The topological polar surface area (TPSA) is 78.9 Å². The van der Waals surface area contributed by atoms with Crippen molar-refractivity contribution in [2.75, 3.05) is 13.2 Å². The Morgan fingerprint density at radius 3 is 0.986 bits per heavy atom. The Morgan fingerprint density at radius 2 is 0.597 bits per heavy atom. The first-order valence-corrected chi connectivity index (χ1v) is 29.9. The summed E-state index contributed by atoms with van der Waals surface area (Å²) < 4.78 is 16.8. The second-order valence-corrected chi connectivity index (χ2v) is 19.5. The molecule has 0 N–H and O–H groups in total. The van der Waals surface area contributed by atoms with E-state index < -0.39 is 6.10 Å². The second-order valence-electron chi connectivity index (χ2n) is 19.5. The molecule has 410 valence electrons. The summed E-state index contributed by atoms with van der Waals surface area (Å²) in [5, 5.41) is 0. The first-order chi connectivity index (χ1) is 35.5. The number of carbonyl (C=O) groups is 3. The number of carbonyl (C=O) groups excluding carboxylic acids is 3. The first-order valence-electron chi connectivity index (χ1n) is 29.9. The van der Waals surface area contributed by atoms with E-state index in [-0.39, 0.29) is 37.5 Å². The van der Waals surface area contributed by atoms with Crippen LogP contribution < -0.4 is 0 Å². The van der Waals surface area contributed by atoms with Gasteiger partial charge >= 0.3 is 17.9 Å². The Bertz CT molecular complexity index is 1470. The number of hydrogen-bond donors (Lipinski definition) is 0. The molecule has 0 aromatic carbocycles. The van der Waals surface area contributed by atoms with E-state index in [1.807, 2.05) is 0 Å². The van der Waals surface area contributed by atoms with Gasteiger partial charge in [0, 0.05) is 19.3 Å². The predicted molar refractivity (Wildman–Crippen MR) is 311 cm³/mol. The molecule has 0 amide bonds. The van der Waals surface area contributed by atoms with Crippen molar-refractivity contribution in [2.45, 2.75) is 277 Å². The molecule has 0 aromatic heterocycles. The third kappa shape index (κ3) is 57.0. The van der Waals surface area contributed by atoms with Crippen molar-refractivity contribution in [3.8, 4) is 0 Å². The van der Waals surface area contributed by atoms with Gasteiger partial charge in [-0.2, -0.15) is 0 Å². The summed E-state index contributed by atoms with van der Waals surface area (Å²) in [5.41, 5.74) is 0. The minimum absolute atomic E-state index is 0.109. The van der Waals surface area contributed by atoms with Crippen molar-refractivity contribution < 1.29 is 28.6 Å². The van der Waals surface area contributed by atoms with Gasteiger partial charge in [-0.3, -0.25) is 14.4 Å². The van der Waals surface area contributed by atoms with E-state index in [2.05, 4.69) is 130 Å². The standard InChI is InChI=1S/C66H110O6/c1-4-7-10-13-16-19-22-25-28-31-33-36-38-41-44-47-50-53-56-59-65(68)71-62-63(61-70-64(67)58-55-52-49-46-43-40-37-34-30-27-24-21-18-15-12-9-6-3)72-66(69)60-57-54-51-48-45-42-39-35-32-29-26-23-20-17-14-11-8-5-2/h7,10,16,19,25,27-30,32-33,35-37,39-40,46,49,63H,4-6,8-9,11-15,17-18,20-24,26,31,34,38,41-45,47-48,50-62H2,1-3H3/b10-7-,19-16-,28-25-,30-27-,32-29-,36-33-,39-35-,40-37-,49-46-. The summed E-state index contributed by atoms with van der Waals surface area (Å²) in [4.78, 5) is 38.2. The fourth-order valence-electron chi connectivity index (χ4n) is 8.03. The van der Waals surface area contributed by atoms with Gasteiger partial charge in [-0.1, -0.05) is 246 Å². The molecule has 6 heteroatoms. The van der Waals surface area contributed by atoms with Crippen LogP contribution in [-0.4, -0.2) is 37.2 Å². The monoisotopic (exact) mass is 999 g/mol. The van der Waals surface area contributed by atoms with Crippen LogP contribution in [0.25, 0.3) is 0 Å². The van der Waals surface area contributed by atoms with Gasteiger partial charge in [-0.15, -0.1) is 0 Å². The zero-order valence-corrected chi connectivity index (χ0v) is 46.9. The van der Waals surface area contributed by atoms with Crippen LogP contribution in [0.5, 0.6) is 0 Å². The van der Waals surface area contributed by atoms with E-state index in [0.29, 0.717) is 19.3 Å². The molecule has 0 saturated heterocycles. The summed E-state index contributed by atoms with van der Waals surface area (Å²) >= 11 is 0. The Balaban J connectivity index is 4.52. The van der Waals surface area contributed by atoms with Crippen LogP contribution >= 0.6 is 0 Å². The number of ether oxygens (including phenoxy) is 3. The van der Waals surface area contributed by atoms with Gasteiger partial charge in [0.25, 0.3) is 0 Å². The van der Waals surface area contributed by atoms with E-state index in [0.717, 1.165) is 116 Å². The molecule has 0 aliphatic rings. The minimum atomic E-state index is -0.816. The van der Waals surface area contributed by atoms with Gasteiger partial charge in [-0.25, -0.2) is 0 Å². The van der Waals surface area contributed by atoms with Crippen molar-refractivity contribution in [1.29, 1.82) is 0 Å². The zero-order chi connectivity index (χ0) is 52.2. The lowest BCUT2D eigenvalue weighted by molar-refractivity contribution is -0.167.